The van der Waals surface area contributed by atoms with Gasteiger partial charge in [0.05, 0.1) is 17.7 Å². The fourth-order valence-corrected chi connectivity index (χ4v) is 2.06. The predicted octanol–water partition coefficient (Wildman–Crippen LogP) is 2.67. The van der Waals surface area contributed by atoms with E-state index in [1.54, 1.807) is 10.9 Å². The molecule has 0 aromatic carbocycles. The van der Waals surface area contributed by atoms with Crippen molar-refractivity contribution in [1.29, 1.82) is 5.26 Å². The summed E-state index contributed by atoms with van der Waals surface area (Å²) in [5, 5.41) is 13.9. The zero-order chi connectivity index (χ0) is 10.3. The molecule has 0 bridgehead atoms. The molecule has 1 aromatic rings. The van der Waals surface area contributed by atoms with Crippen molar-refractivity contribution in [2.24, 2.45) is 0 Å². The Morgan fingerprint density at radius 3 is 2.64 bits per heavy atom. The Hall–Kier alpha value is -1.01. The number of rotatable bonds is 2. The molecule has 0 radical (unpaired) electrons. The molecule has 1 heterocycles. The van der Waals surface area contributed by atoms with Crippen LogP contribution in [0.1, 0.15) is 38.3 Å². The highest BCUT2D eigenvalue weighted by molar-refractivity contribution is 6.30. The second-order valence-electron chi connectivity index (χ2n) is 4.08. The lowest BCUT2D eigenvalue weighted by Gasteiger charge is -2.08. The number of nitriles is 1. The maximum absolute atomic E-state index is 9.04. The number of hydrogen-bond donors (Lipinski definition) is 0. The van der Waals surface area contributed by atoms with Crippen molar-refractivity contribution >= 4 is 11.6 Å². The van der Waals surface area contributed by atoms with Crippen molar-refractivity contribution in [3.63, 3.8) is 0 Å². The largest absolute Gasteiger partial charge is 0.251 e. The summed E-state index contributed by atoms with van der Waals surface area (Å²) >= 11 is 6.17. The van der Waals surface area contributed by atoms with Gasteiger partial charge in [0.2, 0.25) is 0 Å². The van der Waals surface area contributed by atoms with E-state index in [0.29, 0.717) is 5.15 Å². The van der Waals surface area contributed by atoms with Gasteiger partial charge in [-0.1, -0.05) is 11.6 Å². The molecule has 1 aromatic heterocycles. The van der Waals surface area contributed by atoms with Crippen LogP contribution >= 0.6 is 11.6 Å². The van der Waals surface area contributed by atoms with Crippen LogP contribution < -0.4 is 0 Å². The monoisotopic (exact) mass is 209 g/mol. The van der Waals surface area contributed by atoms with Crippen molar-refractivity contribution in [3.8, 4) is 6.07 Å². The highest BCUT2D eigenvalue weighted by atomic mass is 35.5. The third kappa shape index (κ3) is 1.22. The quantitative estimate of drug-likeness (QED) is 0.752. The molecule has 4 heteroatoms. The first-order valence-electron chi connectivity index (χ1n) is 4.75. The van der Waals surface area contributed by atoms with E-state index in [-0.39, 0.29) is 11.5 Å². The van der Waals surface area contributed by atoms with Crippen LogP contribution in [0.5, 0.6) is 0 Å². The van der Waals surface area contributed by atoms with E-state index in [2.05, 4.69) is 11.2 Å². The highest BCUT2D eigenvalue weighted by Crippen LogP contribution is 2.49. The SMILES string of the molecule is CC(C)n1ncc(C2(C#N)CC2)c1Cl. The van der Waals surface area contributed by atoms with E-state index in [1.807, 2.05) is 13.8 Å². The molecule has 3 nitrogen and oxygen atoms in total. The van der Waals surface area contributed by atoms with Gasteiger partial charge >= 0.3 is 0 Å². The second-order valence-corrected chi connectivity index (χ2v) is 4.44. The van der Waals surface area contributed by atoms with Crippen LogP contribution in [0.4, 0.5) is 0 Å². The summed E-state index contributed by atoms with van der Waals surface area (Å²) in [6.45, 7) is 4.04. The molecule has 0 spiro atoms. The van der Waals surface area contributed by atoms with Gasteiger partial charge in [-0.25, -0.2) is 0 Å². The molecule has 0 unspecified atom stereocenters. The van der Waals surface area contributed by atoms with Gasteiger partial charge in [-0.05, 0) is 26.7 Å². The average Bonchev–Trinajstić information content (AvgIpc) is 2.84. The molecule has 0 atom stereocenters. The first-order valence-corrected chi connectivity index (χ1v) is 5.13. The zero-order valence-corrected chi connectivity index (χ0v) is 9.04. The number of aromatic nitrogens is 2. The van der Waals surface area contributed by atoms with E-state index in [1.165, 1.54) is 0 Å². The summed E-state index contributed by atoms with van der Waals surface area (Å²) < 4.78 is 1.76. The van der Waals surface area contributed by atoms with Crippen molar-refractivity contribution < 1.29 is 0 Å². The van der Waals surface area contributed by atoms with E-state index >= 15 is 0 Å². The lowest BCUT2D eigenvalue weighted by atomic mass is 10.0. The lowest BCUT2D eigenvalue weighted by molar-refractivity contribution is 0.532. The molecule has 1 aliphatic rings. The highest BCUT2D eigenvalue weighted by Gasteiger charge is 2.47. The predicted molar refractivity (Wildman–Crippen MR) is 54.1 cm³/mol. The van der Waals surface area contributed by atoms with Crippen LogP contribution in [-0.2, 0) is 5.41 Å². The van der Waals surface area contributed by atoms with Gasteiger partial charge in [-0.15, -0.1) is 0 Å². The Morgan fingerprint density at radius 2 is 2.29 bits per heavy atom. The Bertz CT molecular complexity index is 396. The maximum atomic E-state index is 9.04. The summed E-state index contributed by atoms with van der Waals surface area (Å²) in [6.07, 6.45) is 3.55. The van der Waals surface area contributed by atoms with E-state index in [9.17, 15) is 0 Å². The van der Waals surface area contributed by atoms with Gasteiger partial charge in [-0.3, -0.25) is 4.68 Å². The Morgan fingerprint density at radius 1 is 1.64 bits per heavy atom. The van der Waals surface area contributed by atoms with Crippen LogP contribution in [0.3, 0.4) is 0 Å². The molecule has 0 N–H and O–H groups in total. The van der Waals surface area contributed by atoms with Gasteiger partial charge in [0.1, 0.15) is 5.15 Å². The second kappa shape index (κ2) is 2.99. The zero-order valence-electron chi connectivity index (χ0n) is 8.29. The van der Waals surface area contributed by atoms with Gasteiger partial charge in [-0.2, -0.15) is 10.4 Å². The Kier molecular flexibility index (Phi) is 2.04. The lowest BCUT2D eigenvalue weighted by Crippen LogP contribution is -2.05. The molecule has 2 rings (SSSR count). The summed E-state index contributed by atoms with van der Waals surface area (Å²) in [5.41, 5.74) is 0.569. The molecule has 0 aliphatic heterocycles. The Labute approximate surface area is 88.3 Å². The fraction of sp³-hybridized carbons (Fsp3) is 0.600. The number of nitrogens with zero attached hydrogens (tertiary/aromatic N) is 3. The van der Waals surface area contributed by atoms with E-state index in [4.69, 9.17) is 16.9 Å². The number of halogens is 1. The minimum Gasteiger partial charge on any atom is -0.251 e. The van der Waals surface area contributed by atoms with Crippen molar-refractivity contribution in [1.82, 2.24) is 9.78 Å². The minimum absolute atomic E-state index is 0.241. The van der Waals surface area contributed by atoms with Gasteiger partial charge < -0.3 is 0 Å². The van der Waals surface area contributed by atoms with Gasteiger partial charge in [0, 0.05) is 11.6 Å². The van der Waals surface area contributed by atoms with Crippen molar-refractivity contribution in [3.05, 3.63) is 16.9 Å². The Balaban J connectivity index is 2.43. The van der Waals surface area contributed by atoms with E-state index < -0.39 is 0 Å². The smallest absolute Gasteiger partial charge is 0.132 e. The molecule has 0 amide bonds. The third-order valence-corrected chi connectivity index (χ3v) is 3.08. The summed E-state index contributed by atoms with van der Waals surface area (Å²) in [6, 6.07) is 2.57. The summed E-state index contributed by atoms with van der Waals surface area (Å²) in [4.78, 5) is 0. The van der Waals surface area contributed by atoms with Crippen molar-refractivity contribution in [2.45, 2.75) is 38.1 Å². The molecule has 1 aliphatic carbocycles. The van der Waals surface area contributed by atoms with Crippen molar-refractivity contribution in [2.75, 3.05) is 0 Å². The molecule has 1 saturated carbocycles. The maximum Gasteiger partial charge on any atom is 0.132 e. The topological polar surface area (TPSA) is 41.6 Å². The van der Waals surface area contributed by atoms with Crippen LogP contribution in [0, 0.1) is 11.3 Å². The van der Waals surface area contributed by atoms with Crippen LogP contribution in [-0.4, -0.2) is 9.78 Å². The van der Waals surface area contributed by atoms with Crippen LogP contribution in [0.15, 0.2) is 6.20 Å². The molecule has 0 saturated heterocycles. The molecular weight excluding hydrogens is 198 g/mol. The third-order valence-electron chi connectivity index (χ3n) is 2.70. The van der Waals surface area contributed by atoms with Gasteiger partial charge in [0.25, 0.3) is 0 Å². The first kappa shape index (κ1) is 9.54. The summed E-state index contributed by atoms with van der Waals surface area (Å²) in [5.74, 6) is 0. The molecular formula is C10H12ClN3. The summed E-state index contributed by atoms with van der Waals surface area (Å²) in [7, 11) is 0. The standard InChI is InChI=1S/C10H12ClN3/c1-7(2)14-9(11)8(5-13-14)10(6-12)3-4-10/h5,7H,3-4H2,1-2H3. The van der Waals surface area contributed by atoms with Crippen LogP contribution in [0.25, 0.3) is 0 Å². The molecule has 14 heavy (non-hydrogen) atoms. The van der Waals surface area contributed by atoms with Crippen LogP contribution in [0.2, 0.25) is 5.15 Å². The first-order chi connectivity index (χ1) is 6.60. The average molecular weight is 210 g/mol. The normalized spacial score (nSPS) is 18.2. The number of hydrogen-bond acceptors (Lipinski definition) is 2. The van der Waals surface area contributed by atoms with E-state index in [0.717, 1.165) is 18.4 Å². The van der Waals surface area contributed by atoms with Gasteiger partial charge in [0.15, 0.2) is 0 Å². The molecule has 74 valence electrons. The minimum atomic E-state index is -0.329. The molecule has 1 fully saturated rings. The fourth-order valence-electron chi connectivity index (χ4n) is 1.59.